The monoisotopic (exact) mass is 350 g/mol. The number of aromatic nitrogens is 2. The highest BCUT2D eigenvalue weighted by Gasteiger charge is 2.17. The predicted molar refractivity (Wildman–Crippen MR) is 99.6 cm³/mol. The highest BCUT2D eigenvalue weighted by molar-refractivity contribution is 6.35. The molecule has 0 aliphatic rings. The van der Waals surface area contributed by atoms with E-state index < -0.39 is 0 Å². The van der Waals surface area contributed by atoms with Crippen molar-refractivity contribution in [1.82, 2.24) is 9.97 Å². The van der Waals surface area contributed by atoms with Crippen LogP contribution < -0.4 is 4.74 Å². The van der Waals surface area contributed by atoms with Crippen molar-refractivity contribution in [3.63, 3.8) is 0 Å². The van der Waals surface area contributed by atoms with Crippen LogP contribution in [0.2, 0.25) is 5.02 Å². The van der Waals surface area contributed by atoms with E-state index in [4.69, 9.17) is 16.3 Å². The van der Waals surface area contributed by atoms with Crippen LogP contribution >= 0.6 is 11.6 Å². The number of H-pyrrole nitrogens is 1. The molecule has 0 amide bonds. The Morgan fingerprint density at radius 3 is 2.80 bits per heavy atom. The number of aromatic amines is 1. The number of para-hydroxylation sites is 1. The van der Waals surface area contributed by atoms with Gasteiger partial charge in [0.15, 0.2) is 6.61 Å². The number of carbonyl (C=O) groups is 1. The van der Waals surface area contributed by atoms with Crippen LogP contribution in [0, 0.1) is 6.92 Å². The fourth-order valence-electron chi connectivity index (χ4n) is 3.08. The van der Waals surface area contributed by atoms with Crippen molar-refractivity contribution in [2.24, 2.45) is 0 Å². The first-order valence-corrected chi connectivity index (χ1v) is 8.29. The van der Waals surface area contributed by atoms with E-state index in [1.165, 1.54) is 0 Å². The molecule has 0 bridgehead atoms. The summed E-state index contributed by atoms with van der Waals surface area (Å²) in [5, 5.41) is 2.32. The van der Waals surface area contributed by atoms with E-state index in [0.717, 1.165) is 22.0 Å². The number of benzene rings is 2. The number of ether oxygens (including phenoxy) is 1. The Morgan fingerprint density at radius 2 is 1.92 bits per heavy atom. The largest absolute Gasteiger partial charge is 0.483 e. The first-order valence-electron chi connectivity index (χ1n) is 7.91. The highest BCUT2D eigenvalue weighted by Crippen LogP contribution is 2.30. The third-order valence-corrected chi connectivity index (χ3v) is 4.54. The Labute approximate surface area is 149 Å². The molecule has 2 heterocycles. The lowest BCUT2D eigenvalue weighted by Crippen LogP contribution is -2.12. The van der Waals surface area contributed by atoms with Gasteiger partial charge in [0.25, 0.3) is 0 Å². The smallest absolute Gasteiger partial charge is 0.202 e. The van der Waals surface area contributed by atoms with Gasteiger partial charge in [-0.3, -0.25) is 9.78 Å². The molecule has 0 radical (unpaired) electrons. The van der Waals surface area contributed by atoms with Crippen LogP contribution in [0.15, 0.2) is 54.7 Å². The number of carbonyl (C=O) groups excluding carboxylic acids is 1. The molecule has 4 aromatic rings. The summed E-state index contributed by atoms with van der Waals surface area (Å²) in [5.41, 5.74) is 3.11. The first kappa shape index (κ1) is 15.7. The predicted octanol–water partition coefficient (Wildman–Crippen LogP) is 4.94. The lowest BCUT2D eigenvalue weighted by Gasteiger charge is -2.09. The van der Waals surface area contributed by atoms with E-state index in [1.54, 1.807) is 18.3 Å². The second-order valence-corrected chi connectivity index (χ2v) is 6.23. The van der Waals surface area contributed by atoms with Gasteiger partial charge in [0.2, 0.25) is 5.78 Å². The van der Waals surface area contributed by atoms with Gasteiger partial charge < -0.3 is 9.72 Å². The SMILES string of the molecule is Cc1[nH]c2ccccc2c1C(=O)COc1ccc(Cl)c2cccnc12. The Balaban J connectivity index is 1.64. The maximum absolute atomic E-state index is 12.7. The molecule has 124 valence electrons. The van der Waals surface area contributed by atoms with Gasteiger partial charge in [0.1, 0.15) is 11.3 Å². The number of pyridine rings is 1. The summed E-state index contributed by atoms with van der Waals surface area (Å²) in [4.78, 5) is 20.3. The molecular weight excluding hydrogens is 336 g/mol. The molecule has 0 aliphatic carbocycles. The van der Waals surface area contributed by atoms with Crippen molar-refractivity contribution < 1.29 is 9.53 Å². The van der Waals surface area contributed by atoms with Crippen molar-refractivity contribution >= 4 is 39.2 Å². The molecule has 4 rings (SSSR count). The normalized spacial score (nSPS) is 11.1. The Kier molecular flexibility index (Phi) is 3.90. The quantitative estimate of drug-likeness (QED) is 0.530. The number of Topliss-reactive ketones (excluding diaryl/α,β-unsaturated/α-hetero) is 1. The number of rotatable bonds is 4. The number of aryl methyl sites for hydroxylation is 1. The first-order chi connectivity index (χ1) is 12.1. The van der Waals surface area contributed by atoms with E-state index in [1.807, 2.05) is 43.3 Å². The number of fused-ring (bicyclic) bond motifs is 2. The summed E-state index contributed by atoms with van der Waals surface area (Å²) in [6.45, 7) is 1.84. The minimum absolute atomic E-state index is 0.0595. The molecule has 0 fully saturated rings. The Morgan fingerprint density at radius 1 is 1.12 bits per heavy atom. The van der Waals surface area contributed by atoms with Crippen LogP contribution in [0.25, 0.3) is 21.8 Å². The van der Waals surface area contributed by atoms with Gasteiger partial charge in [-0.1, -0.05) is 29.8 Å². The van der Waals surface area contributed by atoms with E-state index >= 15 is 0 Å². The fraction of sp³-hybridized carbons (Fsp3) is 0.100. The highest BCUT2D eigenvalue weighted by atomic mass is 35.5. The number of nitrogens with one attached hydrogen (secondary N) is 1. The van der Waals surface area contributed by atoms with Crippen molar-refractivity contribution in [1.29, 1.82) is 0 Å². The maximum atomic E-state index is 12.7. The summed E-state index contributed by atoms with van der Waals surface area (Å²) in [7, 11) is 0. The van der Waals surface area contributed by atoms with Crippen molar-refractivity contribution in [2.45, 2.75) is 6.92 Å². The van der Waals surface area contributed by atoms with Crippen LogP contribution in [0.5, 0.6) is 5.75 Å². The van der Waals surface area contributed by atoms with Gasteiger partial charge in [-0.15, -0.1) is 0 Å². The summed E-state index contributed by atoms with van der Waals surface area (Å²) >= 11 is 6.19. The van der Waals surface area contributed by atoms with E-state index in [0.29, 0.717) is 21.9 Å². The lowest BCUT2D eigenvalue weighted by molar-refractivity contribution is 0.0923. The van der Waals surface area contributed by atoms with Crippen LogP contribution in [-0.4, -0.2) is 22.4 Å². The van der Waals surface area contributed by atoms with E-state index in [9.17, 15) is 4.79 Å². The molecule has 2 aromatic carbocycles. The molecule has 5 heteroatoms. The van der Waals surface area contributed by atoms with Gasteiger partial charge in [-0.25, -0.2) is 0 Å². The molecule has 25 heavy (non-hydrogen) atoms. The fourth-order valence-corrected chi connectivity index (χ4v) is 3.30. The number of ketones is 1. The van der Waals surface area contributed by atoms with Gasteiger partial charge in [-0.05, 0) is 37.3 Å². The molecule has 0 aliphatic heterocycles. The standard InChI is InChI=1S/C20H15ClN2O2/c1-12-19(14-5-2-3-7-16(14)23-12)17(24)11-25-18-9-8-15(21)13-6-4-10-22-20(13)18/h2-10,23H,11H2,1H3. The summed E-state index contributed by atoms with van der Waals surface area (Å²) in [6, 6.07) is 14.9. The zero-order valence-corrected chi connectivity index (χ0v) is 14.3. The van der Waals surface area contributed by atoms with Gasteiger partial charge in [-0.2, -0.15) is 0 Å². The third kappa shape index (κ3) is 2.75. The molecule has 0 saturated carbocycles. The maximum Gasteiger partial charge on any atom is 0.202 e. The molecule has 2 aromatic heterocycles. The average Bonchev–Trinajstić information content (AvgIpc) is 2.97. The van der Waals surface area contributed by atoms with Crippen molar-refractivity contribution in [3.05, 3.63) is 71.0 Å². The number of hydrogen-bond donors (Lipinski definition) is 1. The molecule has 0 spiro atoms. The third-order valence-electron chi connectivity index (χ3n) is 4.21. The lowest BCUT2D eigenvalue weighted by atomic mass is 10.1. The van der Waals surface area contributed by atoms with Gasteiger partial charge in [0, 0.05) is 33.7 Å². The number of nitrogens with zero attached hydrogens (tertiary/aromatic N) is 1. The van der Waals surface area contributed by atoms with E-state index in [2.05, 4.69) is 9.97 Å². The van der Waals surface area contributed by atoms with Gasteiger partial charge >= 0.3 is 0 Å². The summed E-state index contributed by atoms with van der Waals surface area (Å²) in [6.07, 6.45) is 1.68. The van der Waals surface area contributed by atoms with E-state index in [-0.39, 0.29) is 12.4 Å². The van der Waals surface area contributed by atoms with Crippen molar-refractivity contribution in [2.75, 3.05) is 6.61 Å². The van der Waals surface area contributed by atoms with Gasteiger partial charge in [0.05, 0.1) is 5.02 Å². The van der Waals surface area contributed by atoms with Crippen molar-refractivity contribution in [3.8, 4) is 5.75 Å². The van der Waals surface area contributed by atoms with Crippen LogP contribution in [0.4, 0.5) is 0 Å². The molecule has 0 atom stereocenters. The Bertz CT molecular complexity index is 1100. The number of hydrogen-bond acceptors (Lipinski definition) is 3. The second kappa shape index (κ2) is 6.22. The van der Waals surface area contributed by atoms with Crippen LogP contribution in [-0.2, 0) is 0 Å². The molecule has 4 nitrogen and oxygen atoms in total. The zero-order chi connectivity index (χ0) is 17.4. The second-order valence-electron chi connectivity index (χ2n) is 5.83. The zero-order valence-electron chi connectivity index (χ0n) is 13.5. The number of halogens is 1. The van der Waals surface area contributed by atoms with Crippen LogP contribution in [0.1, 0.15) is 16.1 Å². The molecule has 0 saturated heterocycles. The molecule has 0 unspecified atom stereocenters. The average molecular weight is 351 g/mol. The summed E-state index contributed by atoms with van der Waals surface area (Å²) in [5.74, 6) is 0.472. The Hall–Kier alpha value is -2.85. The summed E-state index contributed by atoms with van der Waals surface area (Å²) < 4.78 is 5.78. The molecule has 1 N–H and O–H groups in total. The van der Waals surface area contributed by atoms with Crippen LogP contribution in [0.3, 0.4) is 0 Å². The molecular formula is C20H15ClN2O2. The minimum Gasteiger partial charge on any atom is -0.483 e. The topological polar surface area (TPSA) is 55.0 Å². The minimum atomic E-state index is -0.0750.